The van der Waals surface area contributed by atoms with Gasteiger partial charge in [0.25, 0.3) is 0 Å². The van der Waals surface area contributed by atoms with Gasteiger partial charge in [-0.1, -0.05) is 12.1 Å². The molecule has 0 radical (unpaired) electrons. The lowest BCUT2D eigenvalue weighted by Crippen LogP contribution is -2.09. The Balaban J connectivity index is 0.00000169. The van der Waals surface area contributed by atoms with Crippen molar-refractivity contribution >= 4 is 12.4 Å². The Morgan fingerprint density at radius 3 is 2.71 bits per heavy atom. The fraction of sp³-hybridized carbons (Fsp3) is 0.300. The molecule has 0 aliphatic heterocycles. The molecular weight excluding hydrogens is 203 g/mol. The van der Waals surface area contributed by atoms with Crippen molar-refractivity contribution in [1.82, 2.24) is 0 Å². The van der Waals surface area contributed by atoms with Crippen LogP contribution in [-0.2, 0) is 0 Å². The first kappa shape index (κ1) is 12.9. The fourth-order valence-corrected chi connectivity index (χ4v) is 1.06. The maximum absolute atomic E-state index is 13.0. The molecule has 2 N–H and O–H groups in total. The smallest absolute Gasteiger partial charge is 0.126 e. The van der Waals surface area contributed by atoms with Crippen LogP contribution in [0.3, 0.4) is 0 Å². The van der Waals surface area contributed by atoms with E-state index < -0.39 is 0 Å². The highest BCUT2D eigenvalue weighted by Crippen LogP contribution is 2.16. The van der Waals surface area contributed by atoms with Crippen molar-refractivity contribution in [2.75, 3.05) is 0 Å². The van der Waals surface area contributed by atoms with Crippen LogP contribution in [0.15, 0.2) is 18.2 Å². The molecular formula is C10H12ClFN2. The lowest BCUT2D eigenvalue weighted by atomic mass is 10.0. The van der Waals surface area contributed by atoms with Gasteiger partial charge in [0.1, 0.15) is 5.82 Å². The molecule has 4 heteroatoms. The van der Waals surface area contributed by atoms with Crippen LogP contribution >= 0.6 is 12.4 Å². The van der Waals surface area contributed by atoms with E-state index in [1.165, 1.54) is 6.07 Å². The lowest BCUT2D eigenvalue weighted by Gasteiger charge is -2.08. The van der Waals surface area contributed by atoms with Crippen LogP contribution in [0.2, 0.25) is 0 Å². The molecule has 0 spiro atoms. The van der Waals surface area contributed by atoms with Crippen LogP contribution in [-0.4, -0.2) is 0 Å². The first-order chi connectivity index (χ1) is 6.15. The van der Waals surface area contributed by atoms with Gasteiger partial charge in [0.15, 0.2) is 0 Å². The molecule has 0 bridgehead atoms. The van der Waals surface area contributed by atoms with Gasteiger partial charge < -0.3 is 5.73 Å². The summed E-state index contributed by atoms with van der Waals surface area (Å²) >= 11 is 0. The van der Waals surface area contributed by atoms with E-state index in [1.54, 1.807) is 19.1 Å². The average molecular weight is 215 g/mol. The van der Waals surface area contributed by atoms with Crippen molar-refractivity contribution in [3.8, 4) is 6.07 Å². The van der Waals surface area contributed by atoms with E-state index in [4.69, 9.17) is 11.0 Å². The van der Waals surface area contributed by atoms with Crippen LogP contribution < -0.4 is 5.73 Å². The second kappa shape index (κ2) is 5.58. The zero-order valence-corrected chi connectivity index (χ0v) is 8.64. The highest BCUT2D eigenvalue weighted by atomic mass is 35.5. The first-order valence-corrected chi connectivity index (χ1v) is 4.03. The van der Waals surface area contributed by atoms with E-state index in [0.717, 1.165) is 0 Å². The second-order valence-corrected chi connectivity index (χ2v) is 2.98. The molecule has 1 aromatic carbocycles. The first-order valence-electron chi connectivity index (χ1n) is 4.03. The minimum Gasteiger partial charge on any atom is -0.323 e. The highest BCUT2D eigenvalue weighted by Gasteiger charge is 2.06. The maximum atomic E-state index is 13.0. The van der Waals surface area contributed by atoms with Gasteiger partial charge in [-0.25, -0.2) is 4.39 Å². The molecule has 1 atom stereocenters. The number of rotatable bonds is 2. The third-order valence-corrected chi connectivity index (χ3v) is 1.94. The molecule has 0 heterocycles. The third kappa shape index (κ3) is 2.99. The Hall–Kier alpha value is -1.11. The van der Waals surface area contributed by atoms with E-state index in [-0.39, 0.29) is 30.7 Å². The number of nitriles is 1. The molecule has 0 unspecified atom stereocenters. The number of nitrogens with zero attached hydrogens (tertiary/aromatic N) is 1. The summed E-state index contributed by atoms with van der Waals surface area (Å²) in [7, 11) is 0. The Kier molecular flexibility index (Phi) is 5.14. The summed E-state index contributed by atoms with van der Waals surface area (Å²) in [6.45, 7) is 1.69. The van der Waals surface area contributed by atoms with Gasteiger partial charge in [0, 0.05) is 6.04 Å². The molecule has 0 aliphatic carbocycles. The molecule has 0 saturated carbocycles. The van der Waals surface area contributed by atoms with Gasteiger partial charge in [0.2, 0.25) is 0 Å². The summed E-state index contributed by atoms with van der Waals surface area (Å²) < 4.78 is 13.0. The van der Waals surface area contributed by atoms with Gasteiger partial charge in [-0.2, -0.15) is 5.26 Å². The van der Waals surface area contributed by atoms with E-state index in [1.807, 2.05) is 6.07 Å². The van der Waals surface area contributed by atoms with E-state index in [0.29, 0.717) is 11.1 Å². The topological polar surface area (TPSA) is 49.8 Å². The van der Waals surface area contributed by atoms with Gasteiger partial charge in [0.05, 0.1) is 12.5 Å². The molecule has 0 amide bonds. The molecule has 2 nitrogen and oxygen atoms in total. The summed E-state index contributed by atoms with van der Waals surface area (Å²) in [6.07, 6.45) is 0.211. The zero-order valence-electron chi connectivity index (χ0n) is 7.83. The maximum Gasteiger partial charge on any atom is 0.126 e. The predicted octanol–water partition coefficient (Wildman–Crippen LogP) is 2.47. The number of aryl methyl sites for hydroxylation is 1. The molecule has 0 fully saturated rings. The summed E-state index contributed by atoms with van der Waals surface area (Å²) in [4.78, 5) is 0. The summed E-state index contributed by atoms with van der Waals surface area (Å²) in [5.74, 6) is -0.272. The Morgan fingerprint density at radius 1 is 1.57 bits per heavy atom. The largest absolute Gasteiger partial charge is 0.323 e. The second-order valence-electron chi connectivity index (χ2n) is 2.98. The molecule has 1 aromatic rings. The standard InChI is InChI=1S/C10H11FN2.ClH/c1-7-2-3-8(6-9(7)11)10(13)4-5-12;/h2-3,6,10H,4,13H2,1H3;1H/t10-;/m1./s1. The van der Waals surface area contributed by atoms with E-state index >= 15 is 0 Å². The number of hydrogen-bond donors (Lipinski definition) is 1. The predicted molar refractivity (Wildman–Crippen MR) is 55.5 cm³/mol. The number of hydrogen-bond acceptors (Lipinski definition) is 2. The molecule has 1 rings (SSSR count). The van der Waals surface area contributed by atoms with Gasteiger partial charge in [-0.15, -0.1) is 12.4 Å². The Labute approximate surface area is 88.9 Å². The van der Waals surface area contributed by atoms with Crippen molar-refractivity contribution < 1.29 is 4.39 Å². The summed E-state index contributed by atoms with van der Waals surface area (Å²) in [5, 5.41) is 8.40. The normalized spacial score (nSPS) is 11.3. The molecule has 76 valence electrons. The van der Waals surface area contributed by atoms with Crippen LogP contribution in [0.5, 0.6) is 0 Å². The lowest BCUT2D eigenvalue weighted by molar-refractivity contribution is 0.611. The van der Waals surface area contributed by atoms with Gasteiger partial charge >= 0.3 is 0 Å². The highest BCUT2D eigenvalue weighted by molar-refractivity contribution is 5.85. The van der Waals surface area contributed by atoms with Crippen LogP contribution in [0.1, 0.15) is 23.6 Å². The van der Waals surface area contributed by atoms with Crippen LogP contribution in [0, 0.1) is 24.1 Å². The van der Waals surface area contributed by atoms with E-state index in [9.17, 15) is 4.39 Å². The monoisotopic (exact) mass is 214 g/mol. The quantitative estimate of drug-likeness (QED) is 0.822. The number of benzene rings is 1. The van der Waals surface area contributed by atoms with E-state index in [2.05, 4.69) is 0 Å². The Bertz CT molecular complexity index is 346. The minimum atomic E-state index is -0.389. The van der Waals surface area contributed by atoms with Crippen molar-refractivity contribution in [2.45, 2.75) is 19.4 Å². The number of nitrogens with two attached hydrogens (primary N) is 1. The van der Waals surface area contributed by atoms with Crippen molar-refractivity contribution in [3.63, 3.8) is 0 Å². The molecule has 0 aromatic heterocycles. The summed E-state index contributed by atoms with van der Waals surface area (Å²) in [6, 6.07) is 6.37. The van der Waals surface area contributed by atoms with Gasteiger partial charge in [-0.3, -0.25) is 0 Å². The molecule has 0 saturated heterocycles. The van der Waals surface area contributed by atoms with Crippen LogP contribution in [0.4, 0.5) is 4.39 Å². The summed E-state index contributed by atoms with van der Waals surface area (Å²) in [5.41, 5.74) is 6.90. The van der Waals surface area contributed by atoms with Gasteiger partial charge in [-0.05, 0) is 24.1 Å². The van der Waals surface area contributed by atoms with Crippen molar-refractivity contribution in [3.05, 3.63) is 35.1 Å². The molecule has 14 heavy (non-hydrogen) atoms. The SMILES string of the molecule is Cc1ccc([C@H](N)CC#N)cc1F.Cl. The fourth-order valence-electron chi connectivity index (χ4n) is 1.06. The van der Waals surface area contributed by atoms with Crippen LogP contribution in [0.25, 0.3) is 0 Å². The zero-order chi connectivity index (χ0) is 9.84. The minimum absolute atomic E-state index is 0. The average Bonchev–Trinajstić information content (AvgIpc) is 2.10. The number of halogens is 2. The van der Waals surface area contributed by atoms with Crippen molar-refractivity contribution in [1.29, 1.82) is 5.26 Å². The molecule has 0 aliphatic rings. The third-order valence-electron chi connectivity index (χ3n) is 1.94. The van der Waals surface area contributed by atoms with Crippen molar-refractivity contribution in [2.24, 2.45) is 5.73 Å². The Morgan fingerprint density at radius 2 is 2.21 bits per heavy atom.